The largest absolute Gasteiger partial charge is 0.308 e. The van der Waals surface area contributed by atoms with Gasteiger partial charge >= 0.3 is 0 Å². The van der Waals surface area contributed by atoms with Crippen LogP contribution in [0.1, 0.15) is 0 Å². The van der Waals surface area contributed by atoms with Gasteiger partial charge < -0.3 is 4.57 Å². The van der Waals surface area contributed by atoms with E-state index in [0.717, 1.165) is 10.2 Å². The third kappa shape index (κ3) is 3.30. The Kier molecular flexibility index (Phi) is 5.11. The fourth-order valence-electron chi connectivity index (χ4n) is 7.03. The fourth-order valence-corrected chi connectivity index (χ4v) is 7.30. The predicted molar refractivity (Wildman–Crippen MR) is 184 cm³/mol. The van der Waals surface area contributed by atoms with Crippen LogP contribution in [-0.4, -0.2) is 4.57 Å². The lowest BCUT2D eigenvalue weighted by Crippen LogP contribution is -1.96. The van der Waals surface area contributed by atoms with Crippen molar-refractivity contribution in [3.63, 3.8) is 0 Å². The van der Waals surface area contributed by atoms with Crippen molar-refractivity contribution in [3.05, 3.63) is 150 Å². The SMILES string of the molecule is Brc1ccc(-c2ccc(-n3c4c5ccccc5c5ccccc5c4c4c5ccccc5c5ccccc5c43)cc2)cc1. The first kappa shape index (κ1) is 23.8. The molecular weight excluding hydrogens is 574 g/mol. The lowest BCUT2D eigenvalue weighted by molar-refractivity contribution is 1.19. The van der Waals surface area contributed by atoms with Gasteiger partial charge in [0.05, 0.1) is 11.0 Å². The monoisotopic (exact) mass is 597 g/mol. The molecule has 0 bridgehead atoms. The highest BCUT2D eigenvalue weighted by Crippen LogP contribution is 2.47. The highest BCUT2D eigenvalue weighted by atomic mass is 79.9. The zero-order valence-corrected chi connectivity index (χ0v) is 24.3. The van der Waals surface area contributed by atoms with Crippen LogP contribution >= 0.6 is 15.9 Å². The first-order chi connectivity index (χ1) is 20.8. The van der Waals surface area contributed by atoms with Crippen molar-refractivity contribution in [1.29, 1.82) is 0 Å². The number of hydrogen-bond donors (Lipinski definition) is 0. The molecule has 196 valence electrons. The molecule has 0 radical (unpaired) electrons. The van der Waals surface area contributed by atoms with Gasteiger partial charge in [0.1, 0.15) is 0 Å². The average molecular weight is 599 g/mol. The van der Waals surface area contributed by atoms with Gasteiger partial charge in [0.25, 0.3) is 0 Å². The summed E-state index contributed by atoms with van der Waals surface area (Å²) in [6.07, 6.45) is 0. The number of fused-ring (bicyclic) bond motifs is 13. The van der Waals surface area contributed by atoms with E-state index in [1.807, 2.05) is 0 Å². The number of rotatable bonds is 2. The molecule has 2 heteroatoms. The Morgan fingerprint density at radius 3 is 1.10 bits per heavy atom. The van der Waals surface area contributed by atoms with Gasteiger partial charge in [-0.25, -0.2) is 0 Å². The van der Waals surface area contributed by atoms with E-state index in [4.69, 9.17) is 0 Å². The Balaban J connectivity index is 1.53. The Morgan fingerprint density at radius 2 is 0.667 bits per heavy atom. The average Bonchev–Trinajstić information content (AvgIpc) is 3.43. The number of hydrogen-bond acceptors (Lipinski definition) is 0. The molecule has 1 heterocycles. The van der Waals surface area contributed by atoms with E-state index in [1.165, 1.54) is 76.0 Å². The molecular formula is C40H24BrN. The lowest BCUT2D eigenvalue weighted by atomic mass is 9.93. The Morgan fingerprint density at radius 1 is 0.333 bits per heavy atom. The van der Waals surface area contributed by atoms with E-state index in [1.54, 1.807) is 0 Å². The summed E-state index contributed by atoms with van der Waals surface area (Å²) in [6, 6.07) is 53.2. The van der Waals surface area contributed by atoms with Crippen molar-refractivity contribution in [1.82, 2.24) is 4.57 Å². The van der Waals surface area contributed by atoms with Crippen LogP contribution in [0.3, 0.4) is 0 Å². The first-order valence-electron chi connectivity index (χ1n) is 14.3. The van der Waals surface area contributed by atoms with Crippen molar-refractivity contribution in [2.24, 2.45) is 0 Å². The Bertz CT molecular complexity index is 2370. The smallest absolute Gasteiger partial charge is 0.0626 e. The van der Waals surface area contributed by atoms with Crippen LogP contribution in [0, 0.1) is 0 Å². The topological polar surface area (TPSA) is 4.93 Å². The molecule has 0 spiro atoms. The molecule has 1 nitrogen and oxygen atoms in total. The fraction of sp³-hybridized carbons (Fsp3) is 0. The molecule has 0 saturated carbocycles. The summed E-state index contributed by atoms with van der Waals surface area (Å²) >= 11 is 3.57. The number of aromatic nitrogens is 1. The lowest BCUT2D eigenvalue weighted by Gasteiger charge is -2.14. The van der Waals surface area contributed by atoms with E-state index >= 15 is 0 Å². The molecule has 0 aliphatic heterocycles. The highest BCUT2D eigenvalue weighted by molar-refractivity contribution is 9.10. The molecule has 0 amide bonds. The minimum atomic E-state index is 1.09. The summed E-state index contributed by atoms with van der Waals surface area (Å²) < 4.78 is 3.62. The van der Waals surface area contributed by atoms with Gasteiger partial charge in [-0.1, -0.05) is 137 Å². The van der Waals surface area contributed by atoms with Crippen molar-refractivity contribution in [3.8, 4) is 16.8 Å². The molecule has 0 saturated heterocycles. The van der Waals surface area contributed by atoms with E-state index in [-0.39, 0.29) is 0 Å². The van der Waals surface area contributed by atoms with Gasteiger partial charge in [-0.3, -0.25) is 0 Å². The first-order valence-corrected chi connectivity index (χ1v) is 15.1. The number of benzene rings is 8. The van der Waals surface area contributed by atoms with E-state index in [0.29, 0.717) is 0 Å². The van der Waals surface area contributed by atoms with Crippen LogP contribution in [0.25, 0.3) is 81.7 Å². The second kappa shape index (κ2) is 9.04. The molecule has 0 fully saturated rings. The summed E-state index contributed by atoms with van der Waals surface area (Å²) in [5.74, 6) is 0. The van der Waals surface area contributed by atoms with E-state index in [2.05, 4.69) is 166 Å². The third-order valence-corrected chi connectivity index (χ3v) is 9.34. The van der Waals surface area contributed by atoms with Crippen molar-refractivity contribution in [2.45, 2.75) is 0 Å². The number of nitrogens with zero attached hydrogens (tertiary/aromatic N) is 1. The molecule has 0 aliphatic rings. The molecule has 1 aromatic heterocycles. The molecule has 0 unspecified atom stereocenters. The second-order valence-corrected chi connectivity index (χ2v) is 11.9. The quantitative estimate of drug-likeness (QED) is 0.175. The van der Waals surface area contributed by atoms with Crippen LogP contribution in [0.15, 0.2) is 150 Å². The second-order valence-electron chi connectivity index (χ2n) is 11.0. The predicted octanol–water partition coefficient (Wildman–Crippen LogP) is 11.8. The van der Waals surface area contributed by atoms with Crippen LogP contribution in [0.4, 0.5) is 0 Å². The van der Waals surface area contributed by atoms with Gasteiger partial charge in [0.2, 0.25) is 0 Å². The molecule has 0 N–H and O–H groups in total. The standard InChI is InChI=1S/C40H24BrN/c41-27-21-17-25(18-22-27)26-19-23-28(24-20-26)42-39-35-15-7-3-11-31(35)29-9-1-5-13-33(29)37(39)38-34-14-6-2-10-30(34)32-12-4-8-16-36(32)40(38)42/h1-24H. The normalized spacial score (nSPS) is 11.9. The van der Waals surface area contributed by atoms with E-state index < -0.39 is 0 Å². The zero-order valence-electron chi connectivity index (χ0n) is 22.7. The Labute approximate surface area is 251 Å². The van der Waals surface area contributed by atoms with Crippen LogP contribution in [0.5, 0.6) is 0 Å². The highest BCUT2D eigenvalue weighted by Gasteiger charge is 2.22. The molecule has 8 aromatic carbocycles. The van der Waals surface area contributed by atoms with Gasteiger partial charge in [-0.15, -0.1) is 0 Å². The van der Waals surface area contributed by atoms with Crippen LogP contribution in [0.2, 0.25) is 0 Å². The zero-order chi connectivity index (χ0) is 27.8. The maximum absolute atomic E-state index is 3.57. The van der Waals surface area contributed by atoms with Gasteiger partial charge in [0.15, 0.2) is 0 Å². The maximum Gasteiger partial charge on any atom is 0.0626 e. The van der Waals surface area contributed by atoms with E-state index in [9.17, 15) is 0 Å². The molecule has 9 aromatic rings. The summed E-state index contributed by atoms with van der Waals surface area (Å²) in [4.78, 5) is 0. The van der Waals surface area contributed by atoms with Gasteiger partial charge in [0, 0.05) is 31.7 Å². The van der Waals surface area contributed by atoms with Crippen molar-refractivity contribution < 1.29 is 0 Å². The number of halogens is 1. The van der Waals surface area contributed by atoms with Crippen molar-refractivity contribution in [2.75, 3.05) is 0 Å². The summed E-state index contributed by atoms with van der Waals surface area (Å²) in [7, 11) is 0. The van der Waals surface area contributed by atoms with Gasteiger partial charge in [-0.2, -0.15) is 0 Å². The Hall–Kier alpha value is -4.92. The maximum atomic E-state index is 3.57. The molecule has 0 atom stereocenters. The molecule has 42 heavy (non-hydrogen) atoms. The third-order valence-electron chi connectivity index (χ3n) is 8.81. The van der Waals surface area contributed by atoms with Crippen LogP contribution in [-0.2, 0) is 0 Å². The summed E-state index contributed by atoms with van der Waals surface area (Å²) in [6.45, 7) is 0. The summed E-state index contributed by atoms with van der Waals surface area (Å²) in [5.41, 5.74) is 6.10. The molecule has 9 rings (SSSR count). The van der Waals surface area contributed by atoms with Gasteiger partial charge in [-0.05, 0) is 67.7 Å². The van der Waals surface area contributed by atoms with Crippen molar-refractivity contribution >= 4 is 80.8 Å². The molecule has 0 aliphatic carbocycles. The minimum absolute atomic E-state index is 1.09. The minimum Gasteiger partial charge on any atom is -0.308 e. The van der Waals surface area contributed by atoms with Crippen LogP contribution < -0.4 is 0 Å². The summed E-state index contributed by atoms with van der Waals surface area (Å²) in [5, 5.41) is 12.9.